The van der Waals surface area contributed by atoms with E-state index in [9.17, 15) is 15.2 Å². The molecule has 2 aromatic rings. The van der Waals surface area contributed by atoms with Gasteiger partial charge in [0.2, 0.25) is 5.91 Å². The van der Waals surface area contributed by atoms with Crippen molar-refractivity contribution < 1.29 is 9.90 Å². The highest BCUT2D eigenvalue weighted by molar-refractivity contribution is 5.87. The Balaban J connectivity index is 0.00000320. The summed E-state index contributed by atoms with van der Waals surface area (Å²) < 4.78 is 0. The maximum absolute atomic E-state index is 12.9. The predicted octanol–water partition coefficient (Wildman–Crippen LogP) is 0.499. The first-order valence-corrected chi connectivity index (χ1v) is 9.34. The van der Waals surface area contributed by atoms with Crippen LogP contribution in [0.4, 0.5) is 11.6 Å². The molecule has 1 amide bonds. The van der Waals surface area contributed by atoms with Crippen molar-refractivity contribution in [3.8, 4) is 6.07 Å². The Kier molecular flexibility index (Phi) is 7.63. The summed E-state index contributed by atoms with van der Waals surface area (Å²) in [6.07, 6.45) is 5.75. The highest BCUT2D eigenvalue weighted by Crippen LogP contribution is 2.28. The van der Waals surface area contributed by atoms with Crippen molar-refractivity contribution in [3.63, 3.8) is 0 Å². The SMILES string of the molecule is C.N#Cc1c(N)ncnc1N1CCC(N)(C(=O)N[C@@H](CCO)c2ccncc2)CC1. The molecule has 0 unspecified atom stereocenters. The molecular weight excluding hydrogens is 384 g/mol. The quantitative estimate of drug-likeness (QED) is 0.528. The van der Waals surface area contributed by atoms with Crippen LogP contribution in [-0.4, -0.2) is 51.2 Å². The van der Waals surface area contributed by atoms with Gasteiger partial charge in [-0.2, -0.15) is 5.26 Å². The molecule has 0 spiro atoms. The zero-order valence-corrected chi connectivity index (χ0v) is 16.0. The van der Waals surface area contributed by atoms with Crippen LogP contribution in [0.5, 0.6) is 0 Å². The van der Waals surface area contributed by atoms with Gasteiger partial charge in [-0.3, -0.25) is 9.78 Å². The Hall–Kier alpha value is -3.29. The lowest BCUT2D eigenvalue weighted by Gasteiger charge is -2.39. The Morgan fingerprint density at radius 2 is 2.00 bits per heavy atom. The third-order valence-corrected chi connectivity index (χ3v) is 5.21. The second-order valence-corrected chi connectivity index (χ2v) is 7.03. The third-order valence-electron chi connectivity index (χ3n) is 5.21. The van der Waals surface area contributed by atoms with Crippen LogP contribution in [0.25, 0.3) is 0 Å². The van der Waals surface area contributed by atoms with Crippen molar-refractivity contribution in [3.05, 3.63) is 42.0 Å². The number of pyridine rings is 1. The number of aromatic nitrogens is 3. The summed E-state index contributed by atoms with van der Waals surface area (Å²) in [5, 5.41) is 21.7. The van der Waals surface area contributed by atoms with Crippen LogP contribution < -0.4 is 21.7 Å². The normalized spacial score (nSPS) is 16.1. The first kappa shape index (κ1) is 23.0. The van der Waals surface area contributed by atoms with Gasteiger partial charge in [0.05, 0.1) is 11.6 Å². The Bertz CT molecular complexity index is 891. The number of hydrogen-bond donors (Lipinski definition) is 4. The van der Waals surface area contributed by atoms with Gasteiger partial charge in [-0.15, -0.1) is 0 Å². The number of aliphatic hydroxyl groups excluding tert-OH is 1. The van der Waals surface area contributed by atoms with E-state index in [1.165, 1.54) is 6.33 Å². The number of nitrogens with zero attached hydrogens (tertiary/aromatic N) is 5. The number of amides is 1. The van der Waals surface area contributed by atoms with Crippen LogP contribution in [0.2, 0.25) is 0 Å². The maximum atomic E-state index is 12.9. The molecule has 1 atom stereocenters. The number of anilines is 2. The van der Waals surface area contributed by atoms with Crippen molar-refractivity contribution in [1.82, 2.24) is 20.3 Å². The molecule has 0 saturated carbocycles. The molecule has 160 valence electrons. The molecule has 3 rings (SSSR count). The molecule has 1 aliphatic rings. The third kappa shape index (κ3) is 4.82. The van der Waals surface area contributed by atoms with Crippen molar-refractivity contribution >= 4 is 17.5 Å². The number of nitrogen functional groups attached to an aromatic ring is 1. The van der Waals surface area contributed by atoms with Crippen LogP contribution >= 0.6 is 0 Å². The smallest absolute Gasteiger partial charge is 0.240 e. The summed E-state index contributed by atoms with van der Waals surface area (Å²) in [6, 6.07) is 5.29. The summed E-state index contributed by atoms with van der Waals surface area (Å²) in [5.41, 5.74) is 12.2. The van der Waals surface area contributed by atoms with E-state index in [2.05, 4.69) is 20.3 Å². The summed E-state index contributed by atoms with van der Waals surface area (Å²) in [7, 11) is 0. The van der Waals surface area contributed by atoms with E-state index in [0.29, 0.717) is 38.2 Å². The fraction of sp³-hybridized carbons (Fsp3) is 0.450. The number of nitrogens with one attached hydrogen (secondary N) is 1. The summed E-state index contributed by atoms with van der Waals surface area (Å²) in [5.74, 6) is 0.316. The molecule has 0 aliphatic carbocycles. The van der Waals surface area contributed by atoms with Crippen LogP contribution in [0.3, 0.4) is 0 Å². The zero-order valence-electron chi connectivity index (χ0n) is 16.0. The van der Waals surface area contributed by atoms with Crippen molar-refractivity contribution in [2.45, 2.75) is 38.3 Å². The second kappa shape index (κ2) is 9.96. The number of piperidine rings is 1. The van der Waals surface area contributed by atoms with Gasteiger partial charge < -0.3 is 26.8 Å². The van der Waals surface area contributed by atoms with Gasteiger partial charge >= 0.3 is 0 Å². The number of carbonyl (C=O) groups excluding carboxylic acids is 1. The maximum Gasteiger partial charge on any atom is 0.240 e. The Labute approximate surface area is 175 Å². The molecule has 10 heteroatoms. The number of rotatable bonds is 6. The topological polar surface area (TPSA) is 167 Å². The van der Waals surface area contributed by atoms with Crippen molar-refractivity contribution in [1.29, 1.82) is 5.26 Å². The molecular formula is C20H28N8O2. The van der Waals surface area contributed by atoms with Gasteiger partial charge in [0.1, 0.15) is 23.8 Å². The molecule has 1 fully saturated rings. The van der Waals surface area contributed by atoms with Crippen LogP contribution in [0.15, 0.2) is 30.9 Å². The van der Waals surface area contributed by atoms with E-state index in [0.717, 1.165) is 5.56 Å². The fourth-order valence-electron chi connectivity index (χ4n) is 3.43. The van der Waals surface area contributed by atoms with E-state index in [4.69, 9.17) is 11.5 Å². The number of aliphatic hydroxyl groups is 1. The number of carbonyl (C=O) groups is 1. The zero-order chi connectivity index (χ0) is 20.9. The van der Waals surface area contributed by atoms with Crippen molar-refractivity contribution in [2.24, 2.45) is 5.73 Å². The molecule has 1 aliphatic heterocycles. The van der Waals surface area contributed by atoms with Gasteiger partial charge in [0, 0.05) is 32.1 Å². The first-order valence-electron chi connectivity index (χ1n) is 9.34. The lowest BCUT2D eigenvalue weighted by atomic mass is 9.87. The summed E-state index contributed by atoms with van der Waals surface area (Å²) in [6.45, 7) is 0.842. The molecule has 1 saturated heterocycles. The Morgan fingerprint density at radius 1 is 1.33 bits per heavy atom. The fourth-order valence-corrected chi connectivity index (χ4v) is 3.43. The molecule has 6 N–H and O–H groups in total. The second-order valence-electron chi connectivity index (χ2n) is 7.03. The molecule has 10 nitrogen and oxygen atoms in total. The lowest BCUT2D eigenvalue weighted by Crippen LogP contribution is -2.60. The average Bonchev–Trinajstić information content (AvgIpc) is 2.74. The minimum Gasteiger partial charge on any atom is -0.396 e. The summed E-state index contributed by atoms with van der Waals surface area (Å²) in [4.78, 5) is 26.8. The highest BCUT2D eigenvalue weighted by atomic mass is 16.3. The van der Waals surface area contributed by atoms with E-state index < -0.39 is 5.54 Å². The average molecular weight is 412 g/mol. The van der Waals surface area contributed by atoms with Crippen LogP contribution in [0.1, 0.15) is 43.9 Å². The molecule has 2 aromatic heterocycles. The predicted molar refractivity (Wildman–Crippen MR) is 113 cm³/mol. The van der Waals surface area contributed by atoms with Crippen molar-refractivity contribution in [2.75, 3.05) is 30.3 Å². The van der Waals surface area contributed by atoms with Gasteiger partial charge in [0.25, 0.3) is 0 Å². The first-order chi connectivity index (χ1) is 14.0. The monoisotopic (exact) mass is 412 g/mol. The van der Waals surface area contributed by atoms with Crippen LogP contribution in [-0.2, 0) is 4.79 Å². The molecule has 0 bridgehead atoms. The summed E-state index contributed by atoms with van der Waals surface area (Å²) >= 11 is 0. The lowest BCUT2D eigenvalue weighted by molar-refractivity contribution is -0.128. The largest absolute Gasteiger partial charge is 0.396 e. The molecule has 3 heterocycles. The number of nitriles is 1. The van der Waals surface area contributed by atoms with E-state index in [1.807, 2.05) is 11.0 Å². The van der Waals surface area contributed by atoms with E-state index in [1.54, 1.807) is 24.5 Å². The number of nitrogens with two attached hydrogens (primary N) is 2. The van der Waals surface area contributed by atoms with E-state index >= 15 is 0 Å². The van der Waals surface area contributed by atoms with Gasteiger partial charge in [-0.05, 0) is 37.0 Å². The molecule has 0 aromatic carbocycles. The van der Waals surface area contributed by atoms with Gasteiger partial charge in [0.15, 0.2) is 5.82 Å². The molecule has 0 radical (unpaired) electrons. The molecule has 30 heavy (non-hydrogen) atoms. The number of hydrogen-bond acceptors (Lipinski definition) is 9. The Morgan fingerprint density at radius 3 is 2.60 bits per heavy atom. The van der Waals surface area contributed by atoms with Gasteiger partial charge in [-0.25, -0.2) is 9.97 Å². The standard InChI is InChI=1S/C19H24N8O2.CH4/c20-11-14-16(21)24-12-25-17(14)27-8-4-19(22,5-9-27)18(29)26-15(3-10-28)13-1-6-23-7-2-13;/h1-2,6-7,12,15,28H,3-5,8-10,22H2,(H,26,29)(H2,21,24,25);1H4/t15-;/m0./s1. The van der Waals surface area contributed by atoms with Gasteiger partial charge in [-0.1, -0.05) is 7.43 Å². The van der Waals surface area contributed by atoms with Crippen LogP contribution in [0, 0.1) is 11.3 Å². The highest BCUT2D eigenvalue weighted by Gasteiger charge is 2.39. The van der Waals surface area contributed by atoms with E-state index in [-0.39, 0.29) is 37.4 Å². The minimum absolute atomic E-state index is 0. The minimum atomic E-state index is -1.05.